The third kappa shape index (κ3) is 23.1. The molecule has 26 heavy (non-hydrogen) atoms. The fraction of sp³-hybridized carbons (Fsp3) is 1.00. The van der Waals surface area contributed by atoms with Crippen LogP contribution in [0.4, 0.5) is 0 Å². The average Bonchev–Trinajstić information content (AvgIpc) is 2.54. The SMILES string of the molecule is CCCCCCCCCCCCCCCC[N+](C)(C)C(C)O.O=[N+]([O-])[O-]. The predicted octanol–water partition coefficient (Wildman–Crippen LogP) is 5.64. The lowest BCUT2D eigenvalue weighted by molar-refractivity contribution is -0.934. The molecule has 0 fully saturated rings. The van der Waals surface area contributed by atoms with Crippen LogP contribution in [0.2, 0.25) is 0 Å². The van der Waals surface area contributed by atoms with Crippen molar-refractivity contribution >= 4 is 0 Å². The topological polar surface area (TPSA) is 86.4 Å². The molecule has 0 aromatic carbocycles. The molecule has 6 nitrogen and oxygen atoms in total. The maximum atomic E-state index is 9.66. The normalized spacial score (nSPS) is 12.3. The zero-order valence-electron chi connectivity index (χ0n) is 17.8. The van der Waals surface area contributed by atoms with E-state index in [-0.39, 0.29) is 6.23 Å². The molecule has 0 aliphatic heterocycles. The van der Waals surface area contributed by atoms with E-state index in [1.54, 1.807) is 0 Å². The van der Waals surface area contributed by atoms with Gasteiger partial charge in [0.25, 0.3) is 0 Å². The van der Waals surface area contributed by atoms with Crippen LogP contribution in [-0.4, -0.2) is 41.5 Å². The fourth-order valence-corrected chi connectivity index (χ4v) is 2.90. The molecular weight excluding hydrogens is 332 g/mol. The van der Waals surface area contributed by atoms with Gasteiger partial charge in [0, 0.05) is 6.92 Å². The number of hydrogen-bond acceptors (Lipinski definition) is 4. The van der Waals surface area contributed by atoms with Crippen molar-refractivity contribution in [2.75, 3.05) is 20.6 Å². The maximum Gasteiger partial charge on any atom is 0.187 e. The Balaban J connectivity index is 0. The smallest absolute Gasteiger partial charge is 0.187 e. The molecule has 0 aliphatic rings. The predicted molar refractivity (Wildman–Crippen MR) is 109 cm³/mol. The van der Waals surface area contributed by atoms with Gasteiger partial charge in [-0.3, -0.25) is 0 Å². The highest BCUT2D eigenvalue weighted by Gasteiger charge is 2.20. The lowest BCUT2D eigenvalue weighted by atomic mass is 10.0. The minimum Gasteiger partial charge on any atom is -0.356 e. The molecule has 0 rings (SSSR count). The van der Waals surface area contributed by atoms with Gasteiger partial charge >= 0.3 is 0 Å². The van der Waals surface area contributed by atoms with E-state index in [0.717, 1.165) is 11.0 Å². The van der Waals surface area contributed by atoms with E-state index in [1.807, 2.05) is 6.92 Å². The molecule has 0 saturated heterocycles. The molecule has 1 atom stereocenters. The Morgan fingerprint density at radius 2 is 1.04 bits per heavy atom. The monoisotopic (exact) mass is 376 g/mol. The summed E-state index contributed by atoms with van der Waals surface area (Å²) in [7, 11) is 4.24. The summed E-state index contributed by atoms with van der Waals surface area (Å²) in [6.45, 7) is 5.27. The summed E-state index contributed by atoms with van der Waals surface area (Å²) in [6, 6.07) is 0. The summed E-state index contributed by atoms with van der Waals surface area (Å²) in [5.74, 6) is 0. The van der Waals surface area contributed by atoms with Gasteiger partial charge in [-0.2, -0.15) is 0 Å². The third-order valence-corrected chi connectivity index (χ3v) is 5.10. The molecule has 0 aromatic rings. The largest absolute Gasteiger partial charge is 0.356 e. The molecule has 0 amide bonds. The van der Waals surface area contributed by atoms with Crippen molar-refractivity contribution in [2.24, 2.45) is 0 Å². The van der Waals surface area contributed by atoms with Gasteiger partial charge in [-0.15, -0.1) is 0 Å². The van der Waals surface area contributed by atoms with Crippen LogP contribution >= 0.6 is 0 Å². The molecule has 1 N–H and O–H groups in total. The number of rotatable bonds is 16. The summed E-state index contributed by atoms with van der Waals surface area (Å²) in [4.78, 5) is 8.25. The third-order valence-electron chi connectivity index (χ3n) is 5.10. The van der Waals surface area contributed by atoms with Crippen molar-refractivity contribution in [3.63, 3.8) is 0 Å². The first-order valence-electron chi connectivity index (χ1n) is 10.6. The Labute approximate surface area is 161 Å². The van der Waals surface area contributed by atoms with Crippen LogP contribution in [0.1, 0.15) is 104 Å². The number of unbranched alkanes of at least 4 members (excludes halogenated alkanes) is 13. The highest BCUT2D eigenvalue weighted by molar-refractivity contribution is 4.49. The van der Waals surface area contributed by atoms with Gasteiger partial charge in [-0.1, -0.05) is 84.0 Å². The minimum atomic E-state index is -1.75. The van der Waals surface area contributed by atoms with Crippen molar-refractivity contribution in [3.05, 3.63) is 15.3 Å². The number of aliphatic hydroxyl groups is 1. The molecule has 0 saturated carbocycles. The Kier molecular flexibility index (Phi) is 19.9. The molecule has 0 aliphatic carbocycles. The van der Waals surface area contributed by atoms with Crippen molar-refractivity contribution < 1.29 is 14.7 Å². The zero-order valence-corrected chi connectivity index (χ0v) is 17.8. The Morgan fingerprint density at radius 3 is 1.31 bits per heavy atom. The first-order valence-corrected chi connectivity index (χ1v) is 10.6. The second-order valence-corrected chi connectivity index (χ2v) is 7.95. The second kappa shape index (κ2) is 18.9. The van der Waals surface area contributed by atoms with Crippen LogP contribution in [0, 0.1) is 15.3 Å². The van der Waals surface area contributed by atoms with Gasteiger partial charge in [0.05, 0.1) is 25.7 Å². The quantitative estimate of drug-likeness (QED) is 0.124. The molecule has 158 valence electrons. The van der Waals surface area contributed by atoms with Gasteiger partial charge in [0.2, 0.25) is 0 Å². The van der Waals surface area contributed by atoms with E-state index < -0.39 is 5.09 Å². The van der Waals surface area contributed by atoms with E-state index in [4.69, 9.17) is 15.3 Å². The Morgan fingerprint density at radius 1 is 0.769 bits per heavy atom. The fourth-order valence-electron chi connectivity index (χ4n) is 2.90. The lowest BCUT2D eigenvalue weighted by Crippen LogP contribution is -2.47. The molecular formula is C20H44N2O4. The second-order valence-electron chi connectivity index (χ2n) is 7.95. The summed E-state index contributed by atoms with van der Waals surface area (Å²) in [5.41, 5.74) is 0. The highest BCUT2D eigenvalue weighted by atomic mass is 16.9. The summed E-state index contributed by atoms with van der Waals surface area (Å²) in [5, 5.41) is 24.4. The molecule has 0 spiro atoms. The van der Waals surface area contributed by atoms with Gasteiger partial charge in [0.15, 0.2) is 6.23 Å². The Bertz CT molecular complexity index is 306. The van der Waals surface area contributed by atoms with E-state index in [0.29, 0.717) is 0 Å². The number of hydrogen-bond donors (Lipinski definition) is 1. The van der Waals surface area contributed by atoms with Crippen molar-refractivity contribution in [3.8, 4) is 0 Å². The number of nitrogens with zero attached hydrogens (tertiary/aromatic N) is 2. The van der Waals surface area contributed by atoms with Gasteiger partial charge < -0.3 is 24.9 Å². The summed E-state index contributed by atoms with van der Waals surface area (Å²) >= 11 is 0. The van der Waals surface area contributed by atoms with Crippen molar-refractivity contribution in [2.45, 2.75) is 110 Å². The molecule has 6 heteroatoms. The van der Waals surface area contributed by atoms with Crippen LogP contribution < -0.4 is 0 Å². The Hall–Kier alpha value is -0.880. The first kappa shape index (κ1) is 27.3. The van der Waals surface area contributed by atoms with Crippen LogP contribution in [0.15, 0.2) is 0 Å². The summed E-state index contributed by atoms with van der Waals surface area (Å²) < 4.78 is 0.734. The van der Waals surface area contributed by atoms with Gasteiger partial charge in [0.1, 0.15) is 0 Å². The highest BCUT2D eigenvalue weighted by Crippen LogP contribution is 2.14. The lowest BCUT2D eigenvalue weighted by Gasteiger charge is -2.32. The van der Waals surface area contributed by atoms with Crippen molar-refractivity contribution in [1.29, 1.82) is 0 Å². The number of aliphatic hydroxyl groups excluding tert-OH is 1. The van der Waals surface area contributed by atoms with Gasteiger partial charge in [-0.25, -0.2) is 0 Å². The molecule has 0 heterocycles. The van der Waals surface area contributed by atoms with E-state index in [2.05, 4.69) is 21.0 Å². The zero-order chi connectivity index (χ0) is 20.3. The van der Waals surface area contributed by atoms with Gasteiger partial charge in [-0.05, 0) is 12.8 Å². The van der Waals surface area contributed by atoms with E-state index in [1.165, 1.54) is 89.9 Å². The van der Waals surface area contributed by atoms with Crippen LogP contribution in [0.25, 0.3) is 0 Å². The molecule has 0 bridgehead atoms. The molecule has 1 unspecified atom stereocenters. The van der Waals surface area contributed by atoms with Crippen LogP contribution in [0.5, 0.6) is 0 Å². The van der Waals surface area contributed by atoms with Crippen molar-refractivity contribution in [1.82, 2.24) is 0 Å². The minimum absolute atomic E-state index is 0.248. The van der Waals surface area contributed by atoms with Crippen LogP contribution in [0.3, 0.4) is 0 Å². The molecule has 0 radical (unpaired) electrons. The average molecular weight is 377 g/mol. The van der Waals surface area contributed by atoms with Crippen LogP contribution in [-0.2, 0) is 0 Å². The van der Waals surface area contributed by atoms with E-state index >= 15 is 0 Å². The van der Waals surface area contributed by atoms with E-state index in [9.17, 15) is 5.11 Å². The standard InChI is InChI=1S/C20H44NO.NO3/c1-5-6-7-8-9-10-11-12-13-14-15-16-17-18-19-21(3,4)20(2)22;2-1(3)4/h20,22H,5-19H2,1-4H3;/q+1;-1. The summed E-state index contributed by atoms with van der Waals surface area (Å²) in [6.07, 6.45) is 19.4. The maximum absolute atomic E-state index is 9.66. The molecule has 0 aromatic heterocycles. The number of quaternary nitrogens is 1. The first-order chi connectivity index (χ1) is 12.2.